The van der Waals surface area contributed by atoms with Gasteiger partial charge in [-0.05, 0) is 16.7 Å². The standard InChI is InChI=1S/C22H18N2.C3H6O/c1-4-10-19(11-5-1)22(24-17-16-23-18-24,20-12-6-2-7-13-20)21-14-8-3-9-15-21;1-2-3-4/h1-18H;3H,2H2,1H3. The molecule has 1 heterocycles. The van der Waals surface area contributed by atoms with Crippen molar-refractivity contribution in [2.45, 2.75) is 18.9 Å². The lowest BCUT2D eigenvalue weighted by Crippen LogP contribution is -2.36. The van der Waals surface area contributed by atoms with Crippen molar-refractivity contribution in [3.8, 4) is 0 Å². The number of hydrogen-bond donors (Lipinski definition) is 0. The van der Waals surface area contributed by atoms with Crippen LogP contribution >= 0.6 is 0 Å². The lowest BCUT2D eigenvalue weighted by molar-refractivity contribution is -0.107. The van der Waals surface area contributed by atoms with Gasteiger partial charge in [0, 0.05) is 18.8 Å². The minimum atomic E-state index is -0.444. The average molecular weight is 368 g/mol. The number of benzene rings is 3. The van der Waals surface area contributed by atoms with E-state index in [9.17, 15) is 4.79 Å². The molecule has 4 aromatic rings. The summed E-state index contributed by atoms with van der Waals surface area (Å²) in [6, 6.07) is 31.8. The molecule has 0 saturated heterocycles. The molecular weight excluding hydrogens is 344 g/mol. The van der Waals surface area contributed by atoms with E-state index in [2.05, 4.69) is 101 Å². The maximum atomic E-state index is 9.17. The Morgan fingerprint density at radius 1 is 0.786 bits per heavy atom. The van der Waals surface area contributed by atoms with Gasteiger partial charge < -0.3 is 9.36 Å². The molecule has 0 bridgehead atoms. The first-order valence-corrected chi connectivity index (χ1v) is 9.42. The molecule has 0 saturated carbocycles. The Kier molecular flexibility index (Phi) is 6.53. The van der Waals surface area contributed by atoms with Gasteiger partial charge in [-0.1, -0.05) is 97.9 Å². The molecule has 0 aliphatic rings. The fourth-order valence-electron chi connectivity index (χ4n) is 3.44. The van der Waals surface area contributed by atoms with Crippen molar-refractivity contribution in [1.29, 1.82) is 0 Å². The number of rotatable bonds is 5. The first kappa shape index (κ1) is 19.3. The minimum Gasteiger partial charge on any atom is -0.319 e. The molecule has 0 unspecified atom stereocenters. The van der Waals surface area contributed by atoms with Gasteiger partial charge in [0.15, 0.2) is 0 Å². The van der Waals surface area contributed by atoms with Crippen LogP contribution in [0.4, 0.5) is 0 Å². The molecule has 0 fully saturated rings. The maximum absolute atomic E-state index is 9.17. The average Bonchev–Trinajstić information content (AvgIpc) is 3.32. The van der Waals surface area contributed by atoms with Crippen molar-refractivity contribution >= 4 is 6.29 Å². The number of carbonyl (C=O) groups excluding carboxylic acids is 1. The Labute approximate surface area is 166 Å². The largest absolute Gasteiger partial charge is 0.319 e. The highest BCUT2D eigenvalue weighted by Crippen LogP contribution is 2.40. The molecule has 0 radical (unpaired) electrons. The summed E-state index contributed by atoms with van der Waals surface area (Å²) in [6.07, 6.45) is 7.28. The molecule has 1 aromatic heterocycles. The Morgan fingerprint density at radius 3 is 1.46 bits per heavy atom. The van der Waals surface area contributed by atoms with Gasteiger partial charge in [-0.15, -0.1) is 0 Å². The van der Waals surface area contributed by atoms with Gasteiger partial charge in [-0.25, -0.2) is 4.98 Å². The number of hydrogen-bond acceptors (Lipinski definition) is 2. The Hall–Kier alpha value is -3.46. The van der Waals surface area contributed by atoms with Crippen LogP contribution in [0.15, 0.2) is 110 Å². The van der Waals surface area contributed by atoms with E-state index in [4.69, 9.17) is 0 Å². The summed E-state index contributed by atoms with van der Waals surface area (Å²) in [7, 11) is 0. The smallest absolute Gasteiger partial charge is 0.121 e. The fourth-order valence-corrected chi connectivity index (χ4v) is 3.44. The molecule has 140 valence electrons. The van der Waals surface area contributed by atoms with Crippen LogP contribution < -0.4 is 0 Å². The lowest BCUT2D eigenvalue weighted by Gasteiger charge is -2.37. The van der Waals surface area contributed by atoms with Crippen molar-refractivity contribution in [3.63, 3.8) is 0 Å². The Balaban J connectivity index is 0.000000516. The number of imidazole rings is 1. The van der Waals surface area contributed by atoms with Crippen molar-refractivity contribution in [3.05, 3.63) is 126 Å². The highest BCUT2D eigenvalue weighted by atomic mass is 16.1. The highest BCUT2D eigenvalue weighted by Gasteiger charge is 2.37. The maximum Gasteiger partial charge on any atom is 0.121 e. The molecule has 0 aliphatic carbocycles. The monoisotopic (exact) mass is 368 g/mol. The second kappa shape index (κ2) is 9.47. The number of nitrogens with zero attached hydrogens (tertiary/aromatic N) is 2. The highest BCUT2D eigenvalue weighted by molar-refractivity contribution is 5.50. The van der Waals surface area contributed by atoms with Crippen LogP contribution in [0.25, 0.3) is 0 Å². The third-order valence-electron chi connectivity index (χ3n) is 4.63. The third kappa shape index (κ3) is 3.79. The quantitative estimate of drug-likeness (QED) is 0.353. The minimum absolute atomic E-state index is 0.444. The molecule has 3 nitrogen and oxygen atoms in total. The Bertz CT molecular complexity index is 853. The first-order chi connectivity index (χ1) is 13.8. The zero-order chi connectivity index (χ0) is 19.7. The zero-order valence-corrected chi connectivity index (χ0v) is 16.0. The molecule has 0 amide bonds. The van der Waals surface area contributed by atoms with Gasteiger partial charge in [0.25, 0.3) is 0 Å². The van der Waals surface area contributed by atoms with Gasteiger partial charge >= 0.3 is 0 Å². The van der Waals surface area contributed by atoms with Gasteiger partial charge in [0.1, 0.15) is 11.8 Å². The second-order valence-corrected chi connectivity index (χ2v) is 6.35. The van der Waals surface area contributed by atoms with E-state index in [0.717, 1.165) is 6.29 Å². The van der Waals surface area contributed by atoms with Crippen LogP contribution in [0.2, 0.25) is 0 Å². The fraction of sp³-hybridized carbons (Fsp3) is 0.120. The molecule has 0 spiro atoms. The van der Waals surface area contributed by atoms with Crippen LogP contribution in [0, 0.1) is 0 Å². The van der Waals surface area contributed by atoms with Crippen molar-refractivity contribution in [1.82, 2.24) is 9.55 Å². The zero-order valence-electron chi connectivity index (χ0n) is 16.0. The summed E-state index contributed by atoms with van der Waals surface area (Å²) in [5.74, 6) is 0. The van der Waals surface area contributed by atoms with Gasteiger partial charge in [-0.2, -0.15) is 0 Å². The topological polar surface area (TPSA) is 34.9 Å². The van der Waals surface area contributed by atoms with Crippen molar-refractivity contribution in [2.24, 2.45) is 0 Å². The molecular formula is C25H24N2O. The van der Waals surface area contributed by atoms with Crippen LogP contribution in [0.3, 0.4) is 0 Å². The van der Waals surface area contributed by atoms with Crippen molar-refractivity contribution in [2.75, 3.05) is 0 Å². The predicted molar refractivity (Wildman–Crippen MR) is 113 cm³/mol. The summed E-state index contributed by atoms with van der Waals surface area (Å²) in [6.45, 7) is 1.81. The van der Waals surface area contributed by atoms with Crippen LogP contribution in [-0.4, -0.2) is 15.8 Å². The van der Waals surface area contributed by atoms with Crippen LogP contribution in [0.1, 0.15) is 30.0 Å². The number of carbonyl (C=O) groups is 1. The molecule has 28 heavy (non-hydrogen) atoms. The van der Waals surface area contributed by atoms with Gasteiger partial charge in [0.05, 0.1) is 6.33 Å². The molecule has 3 aromatic carbocycles. The van der Waals surface area contributed by atoms with E-state index in [1.165, 1.54) is 16.7 Å². The van der Waals surface area contributed by atoms with E-state index in [0.29, 0.717) is 6.42 Å². The molecule has 0 N–H and O–H groups in total. The molecule has 0 atom stereocenters. The predicted octanol–water partition coefficient (Wildman–Crippen LogP) is 5.32. The molecule has 4 rings (SSSR count). The lowest BCUT2D eigenvalue weighted by atomic mass is 9.77. The molecule has 0 aliphatic heterocycles. The summed E-state index contributed by atoms with van der Waals surface area (Å²) in [4.78, 5) is 13.5. The molecule has 3 heteroatoms. The first-order valence-electron chi connectivity index (χ1n) is 9.42. The van der Waals surface area contributed by atoms with E-state index < -0.39 is 5.54 Å². The van der Waals surface area contributed by atoms with E-state index in [1.54, 1.807) is 0 Å². The summed E-state index contributed by atoms with van der Waals surface area (Å²) in [5, 5.41) is 0. The summed E-state index contributed by atoms with van der Waals surface area (Å²) < 4.78 is 2.19. The van der Waals surface area contributed by atoms with E-state index in [1.807, 2.05) is 25.6 Å². The van der Waals surface area contributed by atoms with Gasteiger partial charge in [-0.3, -0.25) is 0 Å². The van der Waals surface area contributed by atoms with E-state index >= 15 is 0 Å². The van der Waals surface area contributed by atoms with Gasteiger partial charge in [0.2, 0.25) is 0 Å². The summed E-state index contributed by atoms with van der Waals surface area (Å²) in [5.41, 5.74) is 3.18. The Morgan fingerprint density at radius 2 is 1.18 bits per heavy atom. The SMILES string of the molecule is CCC=O.c1ccc(C(c2ccccc2)(c2ccccc2)n2ccnc2)cc1. The van der Waals surface area contributed by atoms with Crippen LogP contribution in [-0.2, 0) is 10.3 Å². The third-order valence-corrected chi connectivity index (χ3v) is 4.63. The summed E-state index contributed by atoms with van der Waals surface area (Å²) >= 11 is 0. The second-order valence-electron chi connectivity index (χ2n) is 6.35. The number of aromatic nitrogens is 2. The number of aldehydes is 1. The van der Waals surface area contributed by atoms with Crippen LogP contribution in [0.5, 0.6) is 0 Å². The van der Waals surface area contributed by atoms with E-state index in [-0.39, 0.29) is 0 Å². The van der Waals surface area contributed by atoms with Crippen molar-refractivity contribution < 1.29 is 4.79 Å². The normalized spacial score (nSPS) is 10.6.